The Kier molecular flexibility index (Phi) is 8.51. The number of ether oxygens (including phenoxy) is 3. The maximum atomic E-state index is 12.2. The summed E-state index contributed by atoms with van der Waals surface area (Å²) < 4.78 is 19.2. The normalized spacial score (nSPS) is 11.2. The molecule has 0 saturated carbocycles. The summed E-state index contributed by atoms with van der Waals surface area (Å²) in [6, 6.07) is 17.8. The first kappa shape index (κ1) is 26.7. The van der Waals surface area contributed by atoms with Crippen molar-refractivity contribution in [3.63, 3.8) is 0 Å². The average molecular weight is 566 g/mol. The van der Waals surface area contributed by atoms with Crippen LogP contribution in [-0.4, -0.2) is 43.5 Å². The molecule has 194 valence electrons. The number of esters is 1. The van der Waals surface area contributed by atoms with Gasteiger partial charge in [-0.3, -0.25) is 0 Å². The highest BCUT2D eigenvalue weighted by Gasteiger charge is 2.21. The number of hydrogen-bond acceptors (Lipinski definition) is 6. The maximum Gasteiger partial charge on any atom is 0.339 e. The Morgan fingerprint density at radius 1 is 1.08 bits per heavy atom. The van der Waals surface area contributed by atoms with Crippen molar-refractivity contribution in [3.8, 4) is 17.1 Å². The molecular weight excluding hydrogens is 534 g/mol. The minimum Gasteiger partial charge on any atom is -0.494 e. The zero-order valence-corrected chi connectivity index (χ0v) is 23.4. The van der Waals surface area contributed by atoms with E-state index in [9.17, 15) is 4.79 Å². The van der Waals surface area contributed by atoms with Crippen LogP contribution in [0.1, 0.15) is 41.3 Å². The van der Waals surface area contributed by atoms with E-state index in [1.54, 1.807) is 20.3 Å². The third kappa shape index (κ3) is 5.50. The highest BCUT2D eigenvalue weighted by atomic mass is 79.9. The summed E-state index contributed by atoms with van der Waals surface area (Å²) >= 11 is 3.80. The molecule has 0 atom stereocenters. The van der Waals surface area contributed by atoms with Gasteiger partial charge in [-0.1, -0.05) is 50.2 Å². The molecule has 0 fully saturated rings. The summed E-state index contributed by atoms with van der Waals surface area (Å²) in [4.78, 5) is 17.3. The predicted molar refractivity (Wildman–Crippen MR) is 150 cm³/mol. The summed E-state index contributed by atoms with van der Waals surface area (Å²) in [5, 5.41) is 3.36. The van der Waals surface area contributed by atoms with E-state index in [1.165, 1.54) is 12.7 Å². The number of halogens is 1. The number of carbonyl (C=O) groups is 1. The average Bonchev–Trinajstić information content (AvgIpc) is 3.31. The van der Waals surface area contributed by atoms with E-state index in [4.69, 9.17) is 19.2 Å². The monoisotopic (exact) mass is 565 g/mol. The van der Waals surface area contributed by atoms with Crippen molar-refractivity contribution >= 4 is 38.6 Å². The summed E-state index contributed by atoms with van der Waals surface area (Å²) in [6.45, 7) is 5.98. The molecule has 0 aliphatic carbocycles. The Balaban J connectivity index is 1.79. The van der Waals surface area contributed by atoms with Gasteiger partial charge in [-0.05, 0) is 51.2 Å². The van der Waals surface area contributed by atoms with Crippen LogP contribution in [0.4, 0.5) is 5.69 Å². The number of imidazole rings is 1. The Hall–Kier alpha value is -3.36. The van der Waals surface area contributed by atoms with Gasteiger partial charge in [-0.25, -0.2) is 9.78 Å². The molecule has 4 aromatic rings. The molecule has 1 N–H and O–H groups in total. The third-order valence-corrected chi connectivity index (χ3v) is 7.26. The fourth-order valence-electron chi connectivity index (χ4n) is 4.34. The number of methoxy groups -OCH3 is 3. The molecule has 8 heteroatoms. The standard InChI is InChI=1S/C29H32BrN3O4/c1-18(2)19-10-12-20(13-11-19)28-32-26-25(30)21(16-24(36-4)27(26)33(28)14-15-35-3)17-31-23-9-7-6-8-22(23)29(34)37-5/h6-13,16,18,31H,14-15,17H2,1-5H3. The zero-order chi connectivity index (χ0) is 26.5. The number of aromatic nitrogens is 2. The summed E-state index contributed by atoms with van der Waals surface area (Å²) in [7, 11) is 4.73. The Bertz CT molecular complexity index is 1400. The van der Waals surface area contributed by atoms with Gasteiger partial charge in [-0.2, -0.15) is 0 Å². The number of para-hydroxylation sites is 1. The van der Waals surface area contributed by atoms with E-state index in [0.29, 0.717) is 42.6 Å². The quantitative estimate of drug-likeness (QED) is 0.217. The Labute approximate surface area is 225 Å². The van der Waals surface area contributed by atoms with Crippen LogP contribution in [0.25, 0.3) is 22.4 Å². The van der Waals surface area contributed by atoms with Gasteiger partial charge >= 0.3 is 5.97 Å². The predicted octanol–water partition coefficient (Wildman–Crippen LogP) is 6.64. The molecule has 4 rings (SSSR count). The van der Waals surface area contributed by atoms with Gasteiger partial charge in [0.25, 0.3) is 0 Å². The molecule has 37 heavy (non-hydrogen) atoms. The first-order valence-corrected chi connectivity index (χ1v) is 12.9. The van der Waals surface area contributed by atoms with E-state index >= 15 is 0 Å². The molecule has 0 bridgehead atoms. The van der Waals surface area contributed by atoms with Crippen molar-refractivity contribution < 1.29 is 19.0 Å². The van der Waals surface area contributed by atoms with Crippen molar-refractivity contribution in [2.24, 2.45) is 0 Å². The van der Waals surface area contributed by atoms with E-state index in [0.717, 1.165) is 32.5 Å². The molecule has 1 heterocycles. The van der Waals surface area contributed by atoms with E-state index in [2.05, 4.69) is 63.9 Å². The van der Waals surface area contributed by atoms with Gasteiger partial charge in [0.15, 0.2) is 0 Å². The van der Waals surface area contributed by atoms with Gasteiger partial charge < -0.3 is 24.1 Å². The number of hydrogen-bond donors (Lipinski definition) is 1. The highest BCUT2D eigenvalue weighted by molar-refractivity contribution is 9.10. The van der Waals surface area contributed by atoms with Gasteiger partial charge in [0.05, 0.1) is 30.9 Å². The first-order valence-electron chi connectivity index (χ1n) is 12.2. The zero-order valence-electron chi connectivity index (χ0n) is 21.8. The molecule has 0 aliphatic rings. The second-order valence-electron chi connectivity index (χ2n) is 9.00. The van der Waals surface area contributed by atoms with Crippen LogP contribution < -0.4 is 10.1 Å². The van der Waals surface area contributed by atoms with Crippen LogP contribution in [-0.2, 0) is 22.6 Å². The fourth-order valence-corrected chi connectivity index (χ4v) is 4.87. The van der Waals surface area contributed by atoms with Crippen molar-refractivity contribution in [1.82, 2.24) is 9.55 Å². The number of benzene rings is 3. The third-order valence-electron chi connectivity index (χ3n) is 6.37. The number of nitrogens with one attached hydrogen (secondary N) is 1. The number of carbonyl (C=O) groups excluding carboxylic acids is 1. The van der Waals surface area contributed by atoms with Crippen LogP contribution in [0.2, 0.25) is 0 Å². The molecule has 0 spiro atoms. The minimum absolute atomic E-state index is 0.389. The van der Waals surface area contributed by atoms with Gasteiger partial charge in [0, 0.05) is 31.5 Å². The van der Waals surface area contributed by atoms with Gasteiger partial charge in [-0.15, -0.1) is 0 Å². The van der Waals surface area contributed by atoms with Gasteiger partial charge in [0.2, 0.25) is 0 Å². The summed E-state index contributed by atoms with van der Waals surface area (Å²) in [5.74, 6) is 1.63. The lowest BCUT2D eigenvalue weighted by molar-refractivity contribution is 0.0602. The van der Waals surface area contributed by atoms with Crippen molar-refractivity contribution in [3.05, 3.63) is 75.8 Å². The highest BCUT2D eigenvalue weighted by Crippen LogP contribution is 2.38. The molecule has 0 unspecified atom stereocenters. The van der Waals surface area contributed by atoms with Crippen LogP contribution >= 0.6 is 15.9 Å². The summed E-state index contributed by atoms with van der Waals surface area (Å²) in [5.41, 5.74) is 6.12. The number of anilines is 1. The van der Waals surface area contributed by atoms with E-state index in [-0.39, 0.29) is 5.97 Å². The molecule has 3 aromatic carbocycles. The molecular formula is C29H32BrN3O4. The van der Waals surface area contributed by atoms with Crippen molar-refractivity contribution in [2.75, 3.05) is 33.3 Å². The van der Waals surface area contributed by atoms with Crippen LogP contribution in [0, 0.1) is 0 Å². The summed E-state index contributed by atoms with van der Waals surface area (Å²) in [6.07, 6.45) is 0. The van der Waals surface area contributed by atoms with Crippen molar-refractivity contribution in [2.45, 2.75) is 32.9 Å². The van der Waals surface area contributed by atoms with Crippen LogP contribution in [0.3, 0.4) is 0 Å². The Morgan fingerprint density at radius 2 is 1.81 bits per heavy atom. The number of fused-ring (bicyclic) bond motifs is 1. The Morgan fingerprint density at radius 3 is 2.46 bits per heavy atom. The van der Waals surface area contributed by atoms with Crippen LogP contribution in [0.15, 0.2) is 59.1 Å². The fraction of sp³-hybridized carbons (Fsp3) is 0.310. The number of nitrogens with zero attached hydrogens (tertiary/aromatic N) is 2. The van der Waals surface area contributed by atoms with E-state index in [1.807, 2.05) is 24.3 Å². The minimum atomic E-state index is -0.389. The molecule has 7 nitrogen and oxygen atoms in total. The second kappa shape index (κ2) is 11.8. The maximum absolute atomic E-state index is 12.2. The first-order chi connectivity index (χ1) is 17.9. The molecule has 0 saturated heterocycles. The lowest BCUT2D eigenvalue weighted by Crippen LogP contribution is -2.09. The lowest BCUT2D eigenvalue weighted by atomic mass is 10.0. The van der Waals surface area contributed by atoms with Crippen molar-refractivity contribution in [1.29, 1.82) is 0 Å². The van der Waals surface area contributed by atoms with E-state index < -0.39 is 0 Å². The molecule has 1 aromatic heterocycles. The lowest BCUT2D eigenvalue weighted by Gasteiger charge is -2.15. The molecule has 0 aliphatic heterocycles. The molecule has 0 amide bonds. The number of rotatable bonds is 10. The topological polar surface area (TPSA) is 74.6 Å². The second-order valence-corrected chi connectivity index (χ2v) is 9.79. The molecule has 0 radical (unpaired) electrons. The SMILES string of the molecule is COCCn1c(-c2ccc(C(C)C)cc2)nc2c(Br)c(CNc3ccccc3C(=O)OC)cc(OC)c21. The largest absolute Gasteiger partial charge is 0.494 e. The van der Waals surface area contributed by atoms with Gasteiger partial charge in [0.1, 0.15) is 22.6 Å². The smallest absolute Gasteiger partial charge is 0.339 e. The van der Waals surface area contributed by atoms with Crippen LogP contribution in [0.5, 0.6) is 5.75 Å².